The summed E-state index contributed by atoms with van der Waals surface area (Å²) in [6.45, 7) is 1.79. The molecule has 26 heavy (non-hydrogen) atoms. The molecule has 0 radical (unpaired) electrons. The lowest BCUT2D eigenvalue weighted by atomic mass is 10.1. The first-order chi connectivity index (χ1) is 12.3. The monoisotopic (exact) mass is 445 g/mol. The van der Waals surface area contributed by atoms with Gasteiger partial charge in [-0.25, -0.2) is 8.78 Å². The number of aromatic nitrogens is 1. The molecule has 2 rings (SSSR count). The van der Waals surface area contributed by atoms with Gasteiger partial charge in [0.05, 0.1) is 28.5 Å². The Kier molecular flexibility index (Phi) is 6.55. The maximum absolute atomic E-state index is 14.6. The minimum atomic E-state index is -0.893. The van der Waals surface area contributed by atoms with Crippen LogP contribution in [0.5, 0.6) is 5.75 Å². The van der Waals surface area contributed by atoms with Crippen LogP contribution in [-0.2, 0) is 6.54 Å². The molecule has 1 aromatic carbocycles. The van der Waals surface area contributed by atoms with E-state index >= 15 is 0 Å². The van der Waals surface area contributed by atoms with Gasteiger partial charge in [-0.1, -0.05) is 11.6 Å². The van der Waals surface area contributed by atoms with Gasteiger partial charge < -0.3 is 15.0 Å². The first-order valence-electron chi connectivity index (χ1n) is 7.42. The average molecular weight is 447 g/mol. The zero-order chi connectivity index (χ0) is 19.4. The van der Waals surface area contributed by atoms with Crippen molar-refractivity contribution in [1.82, 2.24) is 4.57 Å². The Bertz CT molecular complexity index is 935. The van der Waals surface area contributed by atoms with Gasteiger partial charge in [0, 0.05) is 31.1 Å². The molecule has 0 aliphatic rings. The van der Waals surface area contributed by atoms with Crippen molar-refractivity contribution in [2.24, 2.45) is 10.7 Å². The highest BCUT2D eigenvalue weighted by molar-refractivity contribution is 9.12. The second-order valence-electron chi connectivity index (χ2n) is 5.05. The van der Waals surface area contributed by atoms with E-state index in [1.807, 2.05) is 0 Å². The minimum Gasteiger partial charge on any atom is -0.497 e. The van der Waals surface area contributed by atoms with Gasteiger partial charge in [0.15, 0.2) is 0 Å². The van der Waals surface area contributed by atoms with Gasteiger partial charge >= 0.3 is 0 Å². The van der Waals surface area contributed by atoms with Crippen molar-refractivity contribution in [2.75, 3.05) is 7.11 Å². The average Bonchev–Trinajstić information content (AvgIpc) is 2.62. The number of benzene rings is 1. The molecule has 0 bridgehead atoms. The Morgan fingerprint density at radius 2 is 2.00 bits per heavy atom. The highest BCUT2D eigenvalue weighted by atomic mass is 79.9. The van der Waals surface area contributed by atoms with Crippen molar-refractivity contribution in [3.05, 3.63) is 55.9 Å². The van der Waals surface area contributed by atoms with E-state index in [-0.39, 0.29) is 28.7 Å². The van der Waals surface area contributed by atoms with Gasteiger partial charge in [0.25, 0.3) is 5.56 Å². The summed E-state index contributed by atoms with van der Waals surface area (Å²) in [7, 11) is 1.30. The van der Waals surface area contributed by atoms with Crippen LogP contribution in [-0.4, -0.2) is 17.9 Å². The highest BCUT2D eigenvalue weighted by Gasteiger charge is 2.22. The Labute approximate surface area is 161 Å². The summed E-state index contributed by atoms with van der Waals surface area (Å²) in [5.74, 6) is -1.77. The second kappa shape index (κ2) is 8.46. The molecule has 0 saturated carbocycles. The zero-order valence-corrected chi connectivity index (χ0v) is 16.2. The van der Waals surface area contributed by atoms with Gasteiger partial charge in [-0.05, 0) is 28.9 Å². The molecule has 0 aliphatic carbocycles. The van der Waals surface area contributed by atoms with Crippen LogP contribution in [0.2, 0.25) is 5.02 Å². The lowest BCUT2D eigenvalue weighted by Gasteiger charge is -2.16. The van der Waals surface area contributed by atoms with Crippen LogP contribution in [0, 0.1) is 11.6 Å². The van der Waals surface area contributed by atoms with E-state index in [1.54, 1.807) is 6.92 Å². The van der Waals surface area contributed by atoms with E-state index in [0.29, 0.717) is 4.48 Å². The number of nitrogens with two attached hydrogens (primary N) is 1. The molecule has 138 valence electrons. The molecule has 0 saturated heterocycles. The fourth-order valence-electron chi connectivity index (χ4n) is 2.35. The van der Waals surface area contributed by atoms with E-state index in [2.05, 4.69) is 20.9 Å². The quantitative estimate of drug-likeness (QED) is 0.693. The van der Waals surface area contributed by atoms with Gasteiger partial charge in [0.2, 0.25) is 0 Å². The van der Waals surface area contributed by atoms with Crippen molar-refractivity contribution in [2.45, 2.75) is 13.5 Å². The summed E-state index contributed by atoms with van der Waals surface area (Å²) in [6, 6.07) is 3.31. The number of halogens is 4. The summed E-state index contributed by atoms with van der Waals surface area (Å²) in [5.41, 5.74) is 4.46. The molecule has 0 fully saturated rings. The standard InChI is InChI=1S/C17H15BrClF2N3O2/c1-3-24-16(15-12(20)4-10(26-2)5-13(15)21)14(6-11(19)17(24)25)23-8-9(18)7-22/h4-8H,3,22H2,1-2H3. The van der Waals surface area contributed by atoms with E-state index in [0.717, 1.165) is 16.7 Å². The third-order valence-electron chi connectivity index (χ3n) is 3.52. The lowest BCUT2D eigenvalue weighted by Crippen LogP contribution is -2.22. The van der Waals surface area contributed by atoms with Gasteiger partial charge in [-0.2, -0.15) is 0 Å². The molecular formula is C17H15BrClF2N3O2. The molecular weight excluding hydrogens is 432 g/mol. The number of methoxy groups -OCH3 is 1. The molecule has 2 N–H and O–H groups in total. The van der Waals surface area contributed by atoms with E-state index in [9.17, 15) is 13.6 Å². The maximum Gasteiger partial charge on any atom is 0.269 e. The number of allylic oxidation sites excluding steroid dienone is 1. The van der Waals surface area contributed by atoms with Crippen LogP contribution in [0.4, 0.5) is 14.5 Å². The van der Waals surface area contributed by atoms with Crippen molar-refractivity contribution >= 4 is 39.4 Å². The third kappa shape index (κ3) is 3.96. The first-order valence-corrected chi connectivity index (χ1v) is 8.59. The third-order valence-corrected chi connectivity index (χ3v) is 4.26. The summed E-state index contributed by atoms with van der Waals surface area (Å²) in [5, 5.41) is -0.120. The normalized spacial score (nSPS) is 12.0. The van der Waals surface area contributed by atoms with Crippen LogP contribution in [0.1, 0.15) is 6.92 Å². The molecule has 1 heterocycles. The fourth-order valence-corrected chi connectivity index (χ4v) is 2.66. The van der Waals surface area contributed by atoms with Gasteiger partial charge in [-0.15, -0.1) is 0 Å². The van der Waals surface area contributed by atoms with Crippen molar-refractivity contribution in [3.8, 4) is 17.0 Å². The summed E-state index contributed by atoms with van der Waals surface area (Å²) < 4.78 is 35.7. The van der Waals surface area contributed by atoms with Crippen molar-refractivity contribution in [1.29, 1.82) is 0 Å². The van der Waals surface area contributed by atoms with Crippen LogP contribution < -0.4 is 16.0 Å². The number of rotatable bonds is 5. The smallest absolute Gasteiger partial charge is 0.269 e. The number of aliphatic imine (C=N–C) groups is 1. The maximum atomic E-state index is 14.6. The molecule has 1 aromatic heterocycles. The molecule has 0 atom stereocenters. The molecule has 2 aromatic rings. The topological polar surface area (TPSA) is 69.6 Å². The Morgan fingerprint density at radius 1 is 1.38 bits per heavy atom. The molecule has 0 unspecified atom stereocenters. The number of ether oxygens (including phenoxy) is 1. The van der Waals surface area contributed by atoms with Crippen LogP contribution in [0.25, 0.3) is 11.3 Å². The van der Waals surface area contributed by atoms with E-state index < -0.39 is 22.8 Å². The molecule has 9 heteroatoms. The Hall–Kier alpha value is -2.19. The predicted octanol–water partition coefficient (Wildman–Crippen LogP) is 4.37. The summed E-state index contributed by atoms with van der Waals surface area (Å²) >= 11 is 9.12. The second-order valence-corrected chi connectivity index (χ2v) is 6.37. The molecule has 0 amide bonds. The SMILES string of the molecule is CCn1c(-c2c(F)cc(OC)cc2F)c(N=CC(Br)=CN)cc(Cl)c1=O. The number of hydrogen-bond donors (Lipinski definition) is 1. The van der Waals surface area contributed by atoms with E-state index in [1.165, 1.54) is 25.6 Å². The summed E-state index contributed by atoms with van der Waals surface area (Å²) in [4.78, 5) is 16.5. The molecule has 0 aliphatic heterocycles. The summed E-state index contributed by atoms with van der Waals surface area (Å²) in [6.07, 6.45) is 2.58. The van der Waals surface area contributed by atoms with Crippen LogP contribution >= 0.6 is 27.5 Å². The lowest BCUT2D eigenvalue weighted by molar-refractivity contribution is 0.407. The van der Waals surface area contributed by atoms with Crippen LogP contribution in [0.3, 0.4) is 0 Å². The molecule has 0 spiro atoms. The van der Waals surface area contributed by atoms with Crippen molar-refractivity contribution < 1.29 is 13.5 Å². The van der Waals surface area contributed by atoms with Crippen molar-refractivity contribution in [3.63, 3.8) is 0 Å². The predicted molar refractivity (Wildman–Crippen MR) is 103 cm³/mol. The van der Waals surface area contributed by atoms with E-state index in [4.69, 9.17) is 22.1 Å². The minimum absolute atomic E-state index is 0.0157. The Morgan fingerprint density at radius 3 is 2.50 bits per heavy atom. The van der Waals surface area contributed by atoms with Gasteiger partial charge in [-0.3, -0.25) is 9.79 Å². The number of hydrogen-bond acceptors (Lipinski definition) is 4. The van der Waals surface area contributed by atoms with Gasteiger partial charge in [0.1, 0.15) is 22.4 Å². The highest BCUT2D eigenvalue weighted by Crippen LogP contribution is 2.36. The molecule has 5 nitrogen and oxygen atoms in total. The zero-order valence-electron chi connectivity index (χ0n) is 13.9. The fraction of sp³-hybridized carbons (Fsp3) is 0.176. The Balaban J connectivity index is 2.88. The number of pyridine rings is 1. The largest absolute Gasteiger partial charge is 0.497 e. The van der Waals surface area contributed by atoms with Crippen LogP contribution in [0.15, 0.2) is 38.7 Å². The first kappa shape index (κ1) is 20.1. The number of nitrogens with zero attached hydrogens (tertiary/aromatic N) is 2.